The maximum atomic E-state index is 12.8. The molecule has 0 amide bonds. The first-order valence-corrected chi connectivity index (χ1v) is 4.96. The quantitative estimate of drug-likeness (QED) is 0.602. The van der Waals surface area contributed by atoms with E-state index in [0.29, 0.717) is 0 Å². The van der Waals surface area contributed by atoms with Crippen molar-refractivity contribution in [3.05, 3.63) is 6.67 Å². The molecule has 1 unspecified atom stereocenters. The molecule has 121 valence electrons. The smallest absolute Gasteiger partial charge is 0.337 e. The van der Waals surface area contributed by atoms with Crippen LogP contribution in [-0.4, -0.2) is 36.7 Å². The van der Waals surface area contributed by atoms with Crippen molar-refractivity contribution in [1.29, 1.82) is 0 Å². The zero-order chi connectivity index (χ0) is 16.4. The van der Waals surface area contributed by atoms with Gasteiger partial charge in [0.2, 0.25) is 6.67 Å². The van der Waals surface area contributed by atoms with E-state index >= 15 is 0 Å². The van der Waals surface area contributed by atoms with E-state index in [0.717, 1.165) is 6.92 Å². The molecule has 11 heteroatoms. The molecule has 20 heavy (non-hydrogen) atoms. The van der Waals surface area contributed by atoms with Gasteiger partial charge in [-0.2, -0.15) is 26.3 Å². The first kappa shape index (κ1) is 19.3. The highest BCUT2D eigenvalue weighted by Gasteiger charge is 2.75. The molecule has 1 radical (unpaired) electrons. The highest BCUT2D eigenvalue weighted by atomic mass is 19.4. The summed E-state index contributed by atoms with van der Waals surface area (Å²) in [4.78, 5) is 0. The summed E-state index contributed by atoms with van der Waals surface area (Å²) in [6, 6.07) is 0. The zero-order valence-electron chi connectivity index (χ0n) is 9.76. The first-order chi connectivity index (χ1) is 8.75. The molecule has 0 heterocycles. The lowest BCUT2D eigenvalue weighted by Crippen LogP contribution is -2.59. The Morgan fingerprint density at radius 2 is 1.45 bits per heavy atom. The van der Waals surface area contributed by atoms with E-state index in [1.807, 2.05) is 0 Å². The fourth-order valence-corrected chi connectivity index (χ4v) is 0.835. The Bertz CT molecular complexity index is 316. The van der Waals surface area contributed by atoms with E-state index in [2.05, 4.69) is 4.74 Å². The lowest BCUT2D eigenvalue weighted by Gasteiger charge is -2.32. The van der Waals surface area contributed by atoms with Crippen LogP contribution in [-0.2, 0) is 4.74 Å². The molecule has 0 saturated heterocycles. The van der Waals surface area contributed by atoms with Crippen LogP contribution in [0.5, 0.6) is 0 Å². The predicted octanol–water partition coefficient (Wildman–Crippen LogP) is 4.38. The Morgan fingerprint density at radius 3 is 1.80 bits per heavy atom. The van der Waals surface area contributed by atoms with Gasteiger partial charge in [-0.3, -0.25) is 0 Å². The number of halogens is 10. The molecule has 1 nitrogen and oxygen atoms in total. The van der Waals surface area contributed by atoms with Crippen molar-refractivity contribution in [1.82, 2.24) is 0 Å². The molecular formula is C9H9F10O. The Balaban J connectivity index is 5.04. The van der Waals surface area contributed by atoms with Gasteiger partial charge >= 0.3 is 17.8 Å². The standard InChI is InChI=1S/C9H9F10O/c1-2-6(12,13)4-20-5(11)8(16,17)9(18,19)7(14,15)3-10/h3,5H,2,4H2,1H3. The van der Waals surface area contributed by atoms with Crippen LogP contribution in [0.2, 0.25) is 0 Å². The summed E-state index contributed by atoms with van der Waals surface area (Å²) in [5.41, 5.74) is 0. The lowest BCUT2D eigenvalue weighted by atomic mass is 10.1. The van der Waals surface area contributed by atoms with Gasteiger partial charge in [-0.05, 0) is 0 Å². The molecule has 0 aromatic heterocycles. The molecule has 0 aliphatic rings. The number of alkyl halides is 9. The van der Waals surface area contributed by atoms with Crippen molar-refractivity contribution in [3.8, 4) is 0 Å². The van der Waals surface area contributed by atoms with Gasteiger partial charge in [-0.25, -0.2) is 17.6 Å². The average Bonchev–Trinajstić information content (AvgIpc) is 2.35. The summed E-state index contributed by atoms with van der Waals surface area (Å²) in [5, 5.41) is 0. The summed E-state index contributed by atoms with van der Waals surface area (Å²) in [6.07, 6.45) is -5.46. The van der Waals surface area contributed by atoms with E-state index in [9.17, 15) is 43.9 Å². The fourth-order valence-electron chi connectivity index (χ4n) is 0.835. The highest BCUT2D eigenvalue weighted by molar-refractivity contribution is 5.01. The molecule has 0 aromatic rings. The average molecular weight is 323 g/mol. The second-order valence-corrected chi connectivity index (χ2v) is 3.77. The molecular weight excluding hydrogens is 314 g/mol. The van der Waals surface area contributed by atoms with Gasteiger partial charge < -0.3 is 4.74 Å². The van der Waals surface area contributed by atoms with Crippen LogP contribution < -0.4 is 0 Å². The number of hydrogen-bond acceptors (Lipinski definition) is 1. The second kappa shape index (κ2) is 5.94. The molecule has 0 aliphatic heterocycles. The van der Waals surface area contributed by atoms with Crippen LogP contribution in [0.3, 0.4) is 0 Å². The van der Waals surface area contributed by atoms with Gasteiger partial charge in [0.25, 0.3) is 12.3 Å². The van der Waals surface area contributed by atoms with E-state index in [-0.39, 0.29) is 0 Å². The van der Waals surface area contributed by atoms with Crippen LogP contribution in [0.15, 0.2) is 0 Å². The minimum atomic E-state index is -6.50. The van der Waals surface area contributed by atoms with Crippen molar-refractivity contribution >= 4 is 0 Å². The first-order valence-electron chi connectivity index (χ1n) is 4.96. The minimum absolute atomic E-state index is 0.857. The SMILES string of the molecule is CCC(F)(F)COC(F)C(F)(F)C(F)(F)C(F)(F)[CH]F. The fraction of sp³-hybridized carbons (Fsp3) is 0.889. The zero-order valence-corrected chi connectivity index (χ0v) is 9.76. The van der Waals surface area contributed by atoms with E-state index in [1.54, 1.807) is 0 Å². The highest BCUT2D eigenvalue weighted by Crippen LogP contribution is 2.49. The second-order valence-electron chi connectivity index (χ2n) is 3.77. The molecule has 0 saturated carbocycles. The number of ether oxygens (including phenoxy) is 1. The largest absolute Gasteiger partial charge is 0.380 e. The summed E-state index contributed by atoms with van der Waals surface area (Å²) in [7, 11) is 0. The molecule has 0 aliphatic carbocycles. The Morgan fingerprint density at radius 1 is 1.00 bits per heavy atom. The monoisotopic (exact) mass is 323 g/mol. The van der Waals surface area contributed by atoms with Gasteiger partial charge in [0, 0.05) is 6.42 Å². The minimum Gasteiger partial charge on any atom is -0.337 e. The Kier molecular flexibility index (Phi) is 5.72. The summed E-state index contributed by atoms with van der Waals surface area (Å²) in [6.45, 7) is -3.22. The third-order valence-corrected chi connectivity index (χ3v) is 2.22. The van der Waals surface area contributed by atoms with Gasteiger partial charge in [0.05, 0.1) is 0 Å². The topological polar surface area (TPSA) is 9.23 Å². The van der Waals surface area contributed by atoms with E-state index < -0.39 is 49.8 Å². The van der Waals surface area contributed by atoms with Crippen molar-refractivity contribution in [2.24, 2.45) is 0 Å². The lowest BCUT2D eigenvalue weighted by molar-refractivity contribution is -0.353. The third-order valence-electron chi connectivity index (χ3n) is 2.22. The maximum absolute atomic E-state index is 12.8. The Labute approximate surface area is 106 Å². The van der Waals surface area contributed by atoms with Gasteiger partial charge in [0.15, 0.2) is 0 Å². The van der Waals surface area contributed by atoms with Crippen LogP contribution in [0.25, 0.3) is 0 Å². The van der Waals surface area contributed by atoms with Crippen molar-refractivity contribution < 1.29 is 48.6 Å². The number of rotatable bonds is 8. The molecule has 0 spiro atoms. The predicted molar refractivity (Wildman–Crippen MR) is 46.3 cm³/mol. The molecule has 0 fully saturated rings. The number of hydrogen-bond donors (Lipinski definition) is 0. The van der Waals surface area contributed by atoms with Crippen molar-refractivity contribution in [2.45, 2.75) is 43.4 Å². The summed E-state index contributed by atoms with van der Waals surface area (Å²) < 4.78 is 128. The van der Waals surface area contributed by atoms with Crippen LogP contribution in [0, 0.1) is 6.67 Å². The Hall–Kier alpha value is -0.740. The summed E-state index contributed by atoms with van der Waals surface area (Å²) >= 11 is 0. The normalized spacial score (nSPS) is 16.4. The molecule has 0 N–H and O–H groups in total. The van der Waals surface area contributed by atoms with Crippen molar-refractivity contribution in [2.75, 3.05) is 6.61 Å². The maximum Gasteiger partial charge on any atom is 0.380 e. The van der Waals surface area contributed by atoms with Gasteiger partial charge in [0.1, 0.15) is 6.61 Å². The van der Waals surface area contributed by atoms with Gasteiger partial charge in [-0.15, -0.1) is 0 Å². The van der Waals surface area contributed by atoms with Crippen LogP contribution in [0.1, 0.15) is 13.3 Å². The van der Waals surface area contributed by atoms with Crippen LogP contribution >= 0.6 is 0 Å². The summed E-state index contributed by atoms with van der Waals surface area (Å²) in [5.74, 6) is -22.5. The van der Waals surface area contributed by atoms with Crippen molar-refractivity contribution in [3.63, 3.8) is 0 Å². The van der Waals surface area contributed by atoms with Crippen LogP contribution in [0.4, 0.5) is 43.9 Å². The van der Waals surface area contributed by atoms with E-state index in [4.69, 9.17) is 0 Å². The molecule has 1 atom stereocenters. The molecule has 0 rings (SSSR count). The van der Waals surface area contributed by atoms with Gasteiger partial charge in [-0.1, -0.05) is 6.92 Å². The molecule has 0 bridgehead atoms. The third kappa shape index (κ3) is 3.67. The van der Waals surface area contributed by atoms with E-state index in [1.165, 1.54) is 0 Å². The molecule has 0 aromatic carbocycles.